The highest BCUT2D eigenvalue weighted by Crippen LogP contribution is 2.46. The van der Waals surface area contributed by atoms with E-state index in [-0.39, 0.29) is 17.2 Å². The lowest BCUT2D eigenvalue weighted by atomic mass is 9.77. The fraction of sp³-hybridized carbons (Fsp3) is 0.241. The first-order chi connectivity index (χ1) is 17.5. The van der Waals surface area contributed by atoms with E-state index in [1.807, 2.05) is 37.3 Å². The first-order valence-corrected chi connectivity index (χ1v) is 13.0. The average Bonchev–Trinajstić information content (AvgIpc) is 2.87. The summed E-state index contributed by atoms with van der Waals surface area (Å²) in [6.45, 7) is 2.72. The molecule has 0 saturated heterocycles. The van der Waals surface area contributed by atoms with Crippen molar-refractivity contribution in [2.45, 2.75) is 38.7 Å². The van der Waals surface area contributed by atoms with Gasteiger partial charge in [-0.2, -0.15) is 5.26 Å². The normalized spacial score (nSPS) is 17.5. The Morgan fingerprint density at radius 1 is 1.14 bits per heavy atom. The van der Waals surface area contributed by atoms with Crippen LogP contribution >= 0.6 is 22.6 Å². The van der Waals surface area contributed by atoms with Crippen LogP contribution in [-0.4, -0.2) is 12.4 Å². The van der Waals surface area contributed by atoms with Gasteiger partial charge in [-0.3, -0.25) is 4.79 Å². The Morgan fingerprint density at radius 2 is 1.94 bits per heavy atom. The molecule has 6 nitrogen and oxygen atoms in total. The van der Waals surface area contributed by atoms with E-state index in [0.717, 1.165) is 25.5 Å². The minimum absolute atomic E-state index is 0.00856. The van der Waals surface area contributed by atoms with Crippen molar-refractivity contribution in [2.75, 3.05) is 6.61 Å². The highest BCUT2D eigenvalue weighted by molar-refractivity contribution is 14.1. The van der Waals surface area contributed by atoms with Gasteiger partial charge in [-0.15, -0.1) is 0 Å². The van der Waals surface area contributed by atoms with Crippen molar-refractivity contribution >= 4 is 39.1 Å². The maximum absolute atomic E-state index is 12.9. The van der Waals surface area contributed by atoms with Crippen LogP contribution < -0.4 is 15.2 Å². The summed E-state index contributed by atoms with van der Waals surface area (Å²) in [5, 5.41) is 12.2. The Kier molecular flexibility index (Phi) is 6.88. The summed E-state index contributed by atoms with van der Waals surface area (Å²) in [7, 11) is 0. The maximum atomic E-state index is 12.9. The summed E-state index contributed by atoms with van der Waals surface area (Å²) < 4.78 is 18.8. The van der Waals surface area contributed by atoms with Crippen molar-refractivity contribution in [1.29, 1.82) is 5.26 Å². The van der Waals surface area contributed by atoms with Gasteiger partial charge in [-0.05, 0) is 70.0 Å². The number of nitrogens with two attached hydrogens (primary N) is 1. The quantitative estimate of drug-likeness (QED) is 0.341. The zero-order valence-electron chi connectivity index (χ0n) is 19.8. The number of ether oxygens (including phenoxy) is 3. The molecule has 7 heteroatoms. The molecule has 1 atom stereocenters. The number of Topliss-reactive ketones (excluding diaryl/α,β-unsaturated/α-hetero) is 1. The minimum Gasteiger partial charge on any atom is -0.490 e. The standard InChI is InChI=1S/C29H25IN2O4/c1-2-34-25-14-19(26-21(15-31)29(32)36-24-12-6-11-23(33)27(24)26)13-22(30)28(25)35-16-18-9-5-8-17-7-3-4-10-20(17)18/h3-5,7-10,13-14,26H,2,6,11-12,16,32H2,1H3/t26-/m1/s1. The van der Waals surface area contributed by atoms with Gasteiger partial charge in [0.2, 0.25) is 5.88 Å². The van der Waals surface area contributed by atoms with Crippen LogP contribution in [0.4, 0.5) is 0 Å². The third kappa shape index (κ3) is 4.42. The largest absolute Gasteiger partial charge is 0.490 e. The monoisotopic (exact) mass is 592 g/mol. The highest BCUT2D eigenvalue weighted by Gasteiger charge is 2.38. The SMILES string of the molecule is CCOc1cc([C@@H]2C(C#N)=C(N)OC3=C2C(=O)CCC3)cc(I)c1OCc1cccc2ccccc12. The van der Waals surface area contributed by atoms with Crippen LogP contribution in [0.5, 0.6) is 11.5 Å². The van der Waals surface area contributed by atoms with Gasteiger partial charge in [0.15, 0.2) is 17.3 Å². The molecular weight excluding hydrogens is 567 g/mol. The summed E-state index contributed by atoms with van der Waals surface area (Å²) in [5.74, 6) is 1.21. The predicted molar refractivity (Wildman–Crippen MR) is 145 cm³/mol. The smallest absolute Gasteiger partial charge is 0.205 e. The fourth-order valence-electron chi connectivity index (χ4n) is 4.92. The van der Waals surface area contributed by atoms with Crippen LogP contribution in [0.1, 0.15) is 43.2 Å². The van der Waals surface area contributed by atoms with E-state index in [0.29, 0.717) is 55.3 Å². The fourth-order valence-corrected chi connectivity index (χ4v) is 5.70. The molecule has 1 aliphatic carbocycles. The van der Waals surface area contributed by atoms with Crippen molar-refractivity contribution in [3.05, 3.63) is 92.1 Å². The molecule has 3 aromatic carbocycles. The van der Waals surface area contributed by atoms with E-state index >= 15 is 0 Å². The number of benzene rings is 3. The maximum Gasteiger partial charge on any atom is 0.205 e. The van der Waals surface area contributed by atoms with Crippen LogP contribution in [0.2, 0.25) is 0 Å². The lowest BCUT2D eigenvalue weighted by Gasteiger charge is -2.31. The molecule has 0 aromatic heterocycles. The highest BCUT2D eigenvalue weighted by atomic mass is 127. The van der Waals surface area contributed by atoms with E-state index in [1.54, 1.807) is 0 Å². The second-order valence-corrected chi connectivity index (χ2v) is 9.89. The van der Waals surface area contributed by atoms with Gasteiger partial charge in [0.25, 0.3) is 0 Å². The molecule has 1 heterocycles. The van der Waals surface area contributed by atoms with Crippen LogP contribution in [0, 0.1) is 14.9 Å². The number of nitrogens with zero attached hydrogens (tertiary/aromatic N) is 1. The van der Waals surface area contributed by atoms with Crippen LogP contribution in [0.25, 0.3) is 10.8 Å². The number of carbonyl (C=O) groups excluding carboxylic acids is 1. The zero-order valence-corrected chi connectivity index (χ0v) is 22.0. The molecule has 0 unspecified atom stereocenters. The Balaban J connectivity index is 1.55. The lowest BCUT2D eigenvalue weighted by Crippen LogP contribution is -2.27. The number of carbonyl (C=O) groups is 1. The number of hydrogen-bond acceptors (Lipinski definition) is 6. The minimum atomic E-state index is -0.591. The van der Waals surface area contributed by atoms with Gasteiger partial charge in [-0.25, -0.2) is 0 Å². The summed E-state index contributed by atoms with van der Waals surface area (Å²) in [5.41, 5.74) is 8.72. The van der Waals surface area contributed by atoms with Crippen molar-refractivity contribution in [3.63, 3.8) is 0 Å². The molecule has 0 amide bonds. The summed E-state index contributed by atoms with van der Waals surface area (Å²) >= 11 is 2.22. The van der Waals surface area contributed by atoms with Crippen molar-refractivity contribution in [3.8, 4) is 17.6 Å². The lowest BCUT2D eigenvalue weighted by molar-refractivity contribution is -0.116. The van der Waals surface area contributed by atoms with Gasteiger partial charge < -0.3 is 19.9 Å². The first kappa shape index (κ1) is 24.2. The van der Waals surface area contributed by atoms with Crippen LogP contribution in [-0.2, 0) is 16.1 Å². The number of allylic oxidation sites excluding steroid dienone is 3. The number of fused-ring (bicyclic) bond motifs is 1. The van der Waals surface area contributed by atoms with E-state index in [4.69, 9.17) is 19.9 Å². The molecule has 36 heavy (non-hydrogen) atoms. The Bertz CT molecular complexity index is 1460. The van der Waals surface area contributed by atoms with Crippen molar-refractivity contribution in [1.82, 2.24) is 0 Å². The zero-order chi connectivity index (χ0) is 25.2. The molecule has 0 radical (unpaired) electrons. The molecule has 5 rings (SSSR count). The molecule has 0 saturated carbocycles. The number of ketones is 1. The Labute approximate surface area is 223 Å². The van der Waals surface area contributed by atoms with E-state index < -0.39 is 5.92 Å². The van der Waals surface area contributed by atoms with E-state index in [1.165, 1.54) is 0 Å². The molecule has 1 aliphatic heterocycles. The molecule has 0 fully saturated rings. The van der Waals surface area contributed by atoms with E-state index in [2.05, 4.69) is 52.9 Å². The molecule has 182 valence electrons. The predicted octanol–water partition coefficient (Wildman–Crippen LogP) is 6.24. The number of halogens is 1. The van der Waals surface area contributed by atoms with Gasteiger partial charge in [-0.1, -0.05) is 42.5 Å². The van der Waals surface area contributed by atoms with Gasteiger partial charge in [0.1, 0.15) is 24.0 Å². The van der Waals surface area contributed by atoms with Crippen LogP contribution in [0.15, 0.2) is 77.4 Å². The number of rotatable bonds is 6. The molecule has 0 spiro atoms. The summed E-state index contributed by atoms with van der Waals surface area (Å²) in [6.07, 6.45) is 1.76. The molecule has 0 bridgehead atoms. The van der Waals surface area contributed by atoms with E-state index in [9.17, 15) is 10.1 Å². The third-order valence-corrected chi connectivity index (χ3v) is 7.32. The number of hydrogen-bond donors (Lipinski definition) is 1. The molecular formula is C29H25IN2O4. The molecule has 3 aromatic rings. The van der Waals surface area contributed by atoms with Gasteiger partial charge in [0, 0.05) is 18.4 Å². The topological polar surface area (TPSA) is 94.6 Å². The average molecular weight is 592 g/mol. The Morgan fingerprint density at radius 3 is 2.75 bits per heavy atom. The van der Waals surface area contributed by atoms with Crippen molar-refractivity contribution in [2.24, 2.45) is 5.73 Å². The van der Waals surface area contributed by atoms with Crippen molar-refractivity contribution < 1.29 is 19.0 Å². The van der Waals surface area contributed by atoms with Gasteiger partial charge >= 0.3 is 0 Å². The second kappa shape index (κ2) is 10.2. The summed E-state index contributed by atoms with van der Waals surface area (Å²) in [6, 6.07) is 20.3. The number of nitriles is 1. The van der Waals surface area contributed by atoms with Gasteiger partial charge in [0.05, 0.1) is 16.1 Å². The molecule has 2 aliphatic rings. The third-order valence-electron chi connectivity index (χ3n) is 6.52. The summed E-state index contributed by atoms with van der Waals surface area (Å²) in [4.78, 5) is 12.9. The second-order valence-electron chi connectivity index (χ2n) is 8.73. The molecule has 2 N–H and O–H groups in total. The van der Waals surface area contributed by atoms with Crippen LogP contribution in [0.3, 0.4) is 0 Å². The first-order valence-electron chi connectivity index (χ1n) is 11.9. The Hall–Kier alpha value is -3.51.